The Morgan fingerprint density at radius 3 is 2.47 bits per heavy atom. The van der Waals surface area contributed by atoms with E-state index in [4.69, 9.17) is 16.3 Å². The molecular formula is C13H17ClO3. The van der Waals surface area contributed by atoms with E-state index in [0.717, 1.165) is 0 Å². The zero-order chi connectivity index (χ0) is 13.1. The van der Waals surface area contributed by atoms with Crippen molar-refractivity contribution >= 4 is 17.6 Å². The second kappa shape index (κ2) is 5.52. The lowest BCUT2D eigenvalue weighted by molar-refractivity contribution is -0.156. The molecule has 1 N–H and O–H groups in total. The Kier molecular flexibility index (Phi) is 4.54. The Morgan fingerprint density at radius 2 is 2.00 bits per heavy atom. The van der Waals surface area contributed by atoms with Gasteiger partial charge in [0.15, 0.2) is 0 Å². The molecule has 0 heterocycles. The smallest absolute Gasteiger partial charge is 0.311 e. The van der Waals surface area contributed by atoms with Crippen molar-refractivity contribution in [3.63, 3.8) is 0 Å². The fourth-order valence-electron chi connectivity index (χ4n) is 1.53. The second-order valence-corrected chi connectivity index (χ2v) is 4.56. The molecule has 2 atom stereocenters. The molecule has 0 fully saturated rings. The highest BCUT2D eigenvalue weighted by Gasteiger charge is 2.36. The van der Waals surface area contributed by atoms with Gasteiger partial charge in [0.25, 0.3) is 0 Å². The van der Waals surface area contributed by atoms with Gasteiger partial charge in [0.2, 0.25) is 0 Å². The lowest BCUT2D eigenvalue weighted by Gasteiger charge is -2.29. The van der Waals surface area contributed by atoms with Crippen molar-refractivity contribution in [2.75, 3.05) is 6.61 Å². The first kappa shape index (κ1) is 14.0. The van der Waals surface area contributed by atoms with Crippen molar-refractivity contribution in [1.29, 1.82) is 0 Å². The van der Waals surface area contributed by atoms with Crippen LogP contribution in [-0.2, 0) is 15.1 Å². The zero-order valence-electron chi connectivity index (χ0n) is 10.2. The molecule has 1 rings (SSSR count). The molecule has 0 bridgehead atoms. The maximum absolute atomic E-state index is 11.6. The number of ether oxygens (including phenoxy) is 1. The van der Waals surface area contributed by atoms with Crippen LogP contribution in [0.4, 0.5) is 0 Å². The number of aliphatic hydroxyl groups is 1. The maximum atomic E-state index is 11.6. The normalized spacial score (nSPS) is 16.1. The molecule has 3 nitrogen and oxygen atoms in total. The zero-order valence-corrected chi connectivity index (χ0v) is 11.0. The number of benzene rings is 1. The number of halogens is 1. The molecule has 0 amide bonds. The molecule has 4 heteroatoms. The summed E-state index contributed by atoms with van der Waals surface area (Å²) in [5.74, 6) is -1.05. The molecule has 0 aliphatic carbocycles. The molecule has 0 aromatic heterocycles. The van der Waals surface area contributed by atoms with Crippen LogP contribution in [0.25, 0.3) is 0 Å². The molecule has 94 valence electrons. The highest BCUT2D eigenvalue weighted by atomic mass is 35.5. The molecular weight excluding hydrogens is 240 g/mol. The summed E-state index contributed by atoms with van der Waals surface area (Å²) in [6, 6.07) is 6.78. The highest BCUT2D eigenvalue weighted by molar-refractivity contribution is 6.30. The predicted octanol–water partition coefficient (Wildman–Crippen LogP) is 2.75. The minimum absolute atomic E-state index is 0.305. The summed E-state index contributed by atoms with van der Waals surface area (Å²) in [7, 11) is 0. The molecule has 0 spiro atoms. The number of esters is 1. The third-order valence-corrected chi connectivity index (χ3v) is 3.16. The molecule has 1 aromatic carbocycles. The SMILES string of the molecule is CCOC(=O)[C@H](C)[C@](C)(O)c1ccc(Cl)cc1. The number of hydrogen-bond donors (Lipinski definition) is 1. The van der Waals surface area contributed by atoms with E-state index in [9.17, 15) is 9.90 Å². The van der Waals surface area contributed by atoms with E-state index in [2.05, 4.69) is 0 Å². The van der Waals surface area contributed by atoms with Crippen molar-refractivity contribution in [2.45, 2.75) is 26.4 Å². The van der Waals surface area contributed by atoms with E-state index >= 15 is 0 Å². The monoisotopic (exact) mass is 256 g/mol. The van der Waals surface area contributed by atoms with Crippen LogP contribution in [-0.4, -0.2) is 17.7 Å². The van der Waals surface area contributed by atoms with E-state index in [1.165, 1.54) is 0 Å². The van der Waals surface area contributed by atoms with Gasteiger partial charge in [-0.15, -0.1) is 0 Å². The number of carbonyl (C=O) groups is 1. The van der Waals surface area contributed by atoms with Crippen LogP contribution in [0.5, 0.6) is 0 Å². The van der Waals surface area contributed by atoms with Gasteiger partial charge in [0.1, 0.15) is 0 Å². The number of hydrogen-bond acceptors (Lipinski definition) is 3. The third kappa shape index (κ3) is 3.20. The molecule has 0 unspecified atom stereocenters. The number of carbonyl (C=O) groups excluding carboxylic acids is 1. The van der Waals surface area contributed by atoms with Gasteiger partial charge < -0.3 is 9.84 Å². The summed E-state index contributed by atoms with van der Waals surface area (Å²) in [5.41, 5.74) is -0.626. The van der Waals surface area contributed by atoms with E-state index < -0.39 is 17.5 Å². The molecule has 0 radical (unpaired) electrons. The fraction of sp³-hybridized carbons (Fsp3) is 0.462. The van der Waals surface area contributed by atoms with Gasteiger partial charge in [0, 0.05) is 5.02 Å². The average molecular weight is 257 g/mol. The summed E-state index contributed by atoms with van der Waals surface area (Å²) in [6.07, 6.45) is 0. The Hall–Kier alpha value is -1.06. The van der Waals surface area contributed by atoms with Gasteiger partial charge in [-0.25, -0.2) is 0 Å². The van der Waals surface area contributed by atoms with Crippen molar-refractivity contribution in [3.05, 3.63) is 34.9 Å². The van der Waals surface area contributed by atoms with Gasteiger partial charge in [-0.3, -0.25) is 4.79 Å². The van der Waals surface area contributed by atoms with Gasteiger partial charge in [-0.05, 0) is 38.5 Å². The summed E-state index contributed by atoms with van der Waals surface area (Å²) in [5, 5.41) is 11.0. The van der Waals surface area contributed by atoms with Crippen LogP contribution < -0.4 is 0 Å². The third-order valence-electron chi connectivity index (χ3n) is 2.91. The van der Waals surface area contributed by atoms with E-state index in [1.807, 2.05) is 0 Å². The first-order chi connectivity index (χ1) is 7.89. The summed E-state index contributed by atoms with van der Waals surface area (Å²) < 4.78 is 4.91. The van der Waals surface area contributed by atoms with Gasteiger partial charge in [-0.2, -0.15) is 0 Å². The van der Waals surface area contributed by atoms with E-state index in [1.54, 1.807) is 45.0 Å². The second-order valence-electron chi connectivity index (χ2n) is 4.13. The number of rotatable bonds is 4. The van der Waals surface area contributed by atoms with Crippen molar-refractivity contribution in [3.8, 4) is 0 Å². The van der Waals surface area contributed by atoms with Crippen LogP contribution in [0.15, 0.2) is 24.3 Å². The van der Waals surface area contributed by atoms with Gasteiger partial charge in [0.05, 0.1) is 18.1 Å². The summed E-state index contributed by atoms with van der Waals surface area (Å²) >= 11 is 5.78. The van der Waals surface area contributed by atoms with Crippen LogP contribution in [0.2, 0.25) is 5.02 Å². The van der Waals surface area contributed by atoms with Crippen LogP contribution >= 0.6 is 11.6 Å². The topological polar surface area (TPSA) is 46.5 Å². The van der Waals surface area contributed by atoms with Crippen molar-refractivity contribution in [1.82, 2.24) is 0 Å². The predicted molar refractivity (Wildman–Crippen MR) is 66.8 cm³/mol. The maximum Gasteiger partial charge on any atom is 0.311 e. The minimum Gasteiger partial charge on any atom is -0.466 e. The fourth-order valence-corrected chi connectivity index (χ4v) is 1.66. The van der Waals surface area contributed by atoms with Crippen molar-refractivity contribution < 1.29 is 14.6 Å². The average Bonchev–Trinajstić information content (AvgIpc) is 2.29. The molecule has 0 saturated heterocycles. The Bertz CT molecular complexity index is 384. The quantitative estimate of drug-likeness (QED) is 0.843. The standard InChI is InChI=1S/C13H17ClO3/c1-4-17-12(15)9(2)13(3,16)10-5-7-11(14)8-6-10/h5-9,16H,4H2,1-3H3/t9-,13-/m0/s1. The van der Waals surface area contributed by atoms with Gasteiger partial charge in [-0.1, -0.05) is 23.7 Å². The van der Waals surface area contributed by atoms with Crippen LogP contribution in [0, 0.1) is 5.92 Å². The molecule has 0 saturated carbocycles. The lowest BCUT2D eigenvalue weighted by atomic mass is 9.84. The van der Waals surface area contributed by atoms with E-state index in [-0.39, 0.29) is 0 Å². The van der Waals surface area contributed by atoms with Crippen molar-refractivity contribution in [2.24, 2.45) is 5.92 Å². The first-order valence-corrected chi connectivity index (χ1v) is 5.92. The Labute approximate surface area is 106 Å². The van der Waals surface area contributed by atoms with Crippen LogP contribution in [0.1, 0.15) is 26.3 Å². The van der Waals surface area contributed by atoms with Crippen LogP contribution in [0.3, 0.4) is 0 Å². The molecule has 0 aliphatic heterocycles. The first-order valence-electron chi connectivity index (χ1n) is 5.54. The lowest BCUT2D eigenvalue weighted by Crippen LogP contribution is -2.36. The van der Waals surface area contributed by atoms with Gasteiger partial charge >= 0.3 is 5.97 Å². The Morgan fingerprint density at radius 1 is 1.47 bits per heavy atom. The molecule has 1 aromatic rings. The summed E-state index contributed by atoms with van der Waals surface area (Å²) in [6.45, 7) is 5.28. The molecule has 17 heavy (non-hydrogen) atoms. The largest absolute Gasteiger partial charge is 0.466 e. The van der Waals surface area contributed by atoms with E-state index in [0.29, 0.717) is 17.2 Å². The molecule has 0 aliphatic rings. The Balaban J connectivity index is 2.93. The highest BCUT2D eigenvalue weighted by Crippen LogP contribution is 2.30. The minimum atomic E-state index is -1.27. The summed E-state index contributed by atoms with van der Waals surface area (Å²) in [4.78, 5) is 11.6.